The highest BCUT2D eigenvalue weighted by molar-refractivity contribution is 7.89. The number of urea groups is 1. The maximum Gasteiger partial charge on any atom is 0.326 e. The van der Waals surface area contributed by atoms with Crippen LogP contribution >= 0.6 is 34.8 Å². The summed E-state index contributed by atoms with van der Waals surface area (Å²) in [7, 11) is -4.26. The van der Waals surface area contributed by atoms with Gasteiger partial charge in [0.2, 0.25) is 15.9 Å². The van der Waals surface area contributed by atoms with Crippen LogP contribution < -0.4 is 15.6 Å². The number of primary amides is 1. The molecule has 0 unspecified atom stereocenters. The van der Waals surface area contributed by atoms with Crippen LogP contribution in [0.1, 0.15) is 35.7 Å². The van der Waals surface area contributed by atoms with Crippen molar-refractivity contribution < 1.29 is 22.7 Å². The van der Waals surface area contributed by atoms with Gasteiger partial charge in [-0.2, -0.15) is 0 Å². The molecular formula is C30H31Cl3N6O5S. The zero-order chi connectivity index (χ0) is 32.5. The number of halogens is 3. The monoisotopic (exact) mass is 692 g/mol. The molecule has 0 bridgehead atoms. The molecule has 3 aromatic carbocycles. The van der Waals surface area contributed by atoms with Gasteiger partial charge < -0.3 is 15.4 Å². The van der Waals surface area contributed by atoms with Crippen molar-refractivity contribution in [1.82, 2.24) is 14.7 Å². The van der Waals surface area contributed by atoms with Crippen molar-refractivity contribution in [3.63, 3.8) is 0 Å². The first-order chi connectivity index (χ1) is 21.4. The molecule has 5 rings (SSSR count). The molecule has 11 nitrogen and oxygen atoms in total. The van der Waals surface area contributed by atoms with E-state index in [1.807, 2.05) is 29.2 Å². The Kier molecular flexibility index (Phi) is 9.92. The molecule has 0 radical (unpaired) electrons. The third-order valence-corrected chi connectivity index (χ3v) is 9.48. The van der Waals surface area contributed by atoms with E-state index in [2.05, 4.69) is 0 Å². The summed E-state index contributed by atoms with van der Waals surface area (Å²) in [5.41, 5.74) is 7.11. The minimum atomic E-state index is -4.26. The number of rotatable bonds is 8. The number of nitrogens with two attached hydrogens (primary N) is 2. The Balaban J connectivity index is 1.70. The number of sulfonamides is 1. The molecule has 2 heterocycles. The number of benzene rings is 3. The predicted molar refractivity (Wildman–Crippen MR) is 173 cm³/mol. The van der Waals surface area contributed by atoms with E-state index in [1.165, 1.54) is 12.1 Å². The first-order valence-electron chi connectivity index (χ1n) is 14.0. The number of nitrogens with zero attached hydrogens (tertiary/aromatic N) is 4. The second-order valence-electron chi connectivity index (χ2n) is 10.6. The van der Waals surface area contributed by atoms with Gasteiger partial charge in [0.15, 0.2) is 0 Å². The van der Waals surface area contributed by atoms with Gasteiger partial charge in [-0.25, -0.2) is 18.4 Å². The molecule has 15 heteroatoms. The first kappa shape index (κ1) is 33.0. The van der Waals surface area contributed by atoms with Crippen molar-refractivity contribution in [3.8, 4) is 5.75 Å². The van der Waals surface area contributed by atoms with Gasteiger partial charge in [-0.15, -0.1) is 0 Å². The van der Waals surface area contributed by atoms with Gasteiger partial charge in [0.1, 0.15) is 22.5 Å². The lowest BCUT2D eigenvalue weighted by atomic mass is 9.93. The van der Waals surface area contributed by atoms with Crippen LogP contribution in [0, 0.1) is 0 Å². The molecule has 0 aliphatic carbocycles. The lowest BCUT2D eigenvalue weighted by molar-refractivity contribution is -0.119. The van der Waals surface area contributed by atoms with E-state index >= 15 is 0 Å². The Morgan fingerprint density at radius 3 is 2.04 bits per heavy atom. The second-order valence-corrected chi connectivity index (χ2v) is 13.4. The number of ether oxygens (including phenoxy) is 1. The lowest BCUT2D eigenvalue weighted by Gasteiger charge is -2.38. The smallest absolute Gasteiger partial charge is 0.326 e. The van der Waals surface area contributed by atoms with Crippen molar-refractivity contribution in [3.05, 3.63) is 92.4 Å². The van der Waals surface area contributed by atoms with Crippen LogP contribution in [0.2, 0.25) is 15.1 Å². The maximum atomic E-state index is 14.6. The normalized spacial score (nSPS) is 19.0. The van der Waals surface area contributed by atoms with E-state index in [4.69, 9.17) is 55.4 Å². The summed E-state index contributed by atoms with van der Waals surface area (Å²) in [6.07, 6.45) is 0. The van der Waals surface area contributed by atoms with E-state index in [0.29, 0.717) is 36.2 Å². The van der Waals surface area contributed by atoms with Crippen molar-refractivity contribution in [1.29, 1.82) is 0 Å². The first-order valence-corrected chi connectivity index (χ1v) is 16.7. The average molecular weight is 694 g/mol. The molecule has 3 aromatic rings. The number of carbonyl (C=O) groups excluding carboxylic acids is 2. The second kappa shape index (κ2) is 13.5. The Morgan fingerprint density at radius 2 is 1.51 bits per heavy atom. The lowest BCUT2D eigenvalue weighted by Crippen LogP contribution is -2.55. The van der Waals surface area contributed by atoms with Gasteiger partial charge in [0.25, 0.3) is 0 Å². The molecule has 0 spiro atoms. The Labute approximate surface area is 276 Å². The minimum absolute atomic E-state index is 0.0866. The van der Waals surface area contributed by atoms with E-state index in [-0.39, 0.29) is 46.2 Å². The van der Waals surface area contributed by atoms with Gasteiger partial charge in [-0.3, -0.25) is 19.6 Å². The zero-order valence-corrected chi connectivity index (χ0v) is 27.3. The molecule has 238 valence electrons. The maximum absolute atomic E-state index is 14.6. The summed E-state index contributed by atoms with van der Waals surface area (Å²) in [6.45, 7) is 3.57. The topological polar surface area (TPSA) is 152 Å². The van der Waals surface area contributed by atoms with Crippen molar-refractivity contribution in [2.75, 3.05) is 39.3 Å². The Morgan fingerprint density at radius 1 is 0.933 bits per heavy atom. The highest BCUT2D eigenvalue weighted by Crippen LogP contribution is 2.46. The predicted octanol–water partition coefficient (Wildman–Crippen LogP) is 4.46. The quantitative estimate of drug-likeness (QED) is 0.356. The van der Waals surface area contributed by atoms with Crippen LogP contribution in [0.3, 0.4) is 0 Å². The highest BCUT2D eigenvalue weighted by atomic mass is 35.5. The van der Waals surface area contributed by atoms with Crippen LogP contribution in [-0.4, -0.2) is 80.2 Å². The highest BCUT2D eigenvalue weighted by Gasteiger charge is 2.45. The molecule has 0 aromatic heterocycles. The van der Waals surface area contributed by atoms with E-state index < -0.39 is 28.0 Å². The SMILES string of the molecule is CCOc1cc(Cl)c(S(N)(=O)=O)cc1C1=N[C@@H](c2ccc(Cl)cc2)[C@@H](c2ccc(Cl)cc2)N1C(=O)N1CCN(CC(N)=O)CC1. The number of primary sulfonamides is 1. The van der Waals surface area contributed by atoms with E-state index in [9.17, 15) is 18.0 Å². The molecule has 2 aliphatic rings. The molecule has 0 saturated carbocycles. The number of piperazine rings is 1. The summed E-state index contributed by atoms with van der Waals surface area (Å²) >= 11 is 18.8. The standard InChI is InChI=1S/C30H31Cl3N6O5S/c1-2-44-24-16-23(33)25(45(35,42)43)15-22(24)29-36-27(18-3-7-20(31)8-4-18)28(19-5-9-21(32)10-6-19)39(29)30(41)38-13-11-37(12-14-38)17-26(34)40/h3-10,15-16,27-28H,2,11-14,17H2,1H3,(H2,34,40)(H2,35,42,43)/t27-,28+/m0/s1. The number of amidine groups is 1. The molecule has 4 N–H and O–H groups in total. The van der Waals surface area contributed by atoms with Crippen LogP contribution in [-0.2, 0) is 14.8 Å². The van der Waals surface area contributed by atoms with Crippen LogP contribution in [0.15, 0.2) is 70.6 Å². The zero-order valence-electron chi connectivity index (χ0n) is 24.2. The van der Waals surface area contributed by atoms with Gasteiger partial charge in [0, 0.05) is 42.3 Å². The fourth-order valence-corrected chi connectivity index (χ4v) is 6.87. The minimum Gasteiger partial charge on any atom is -0.493 e. The molecular weight excluding hydrogens is 663 g/mol. The van der Waals surface area contributed by atoms with Crippen LogP contribution in [0.5, 0.6) is 5.75 Å². The summed E-state index contributed by atoms with van der Waals surface area (Å²) in [4.78, 5) is 35.9. The number of carbonyl (C=O) groups is 2. The third kappa shape index (κ3) is 7.21. The largest absolute Gasteiger partial charge is 0.493 e. The Bertz CT molecular complexity index is 1730. The molecule has 1 saturated heterocycles. The van der Waals surface area contributed by atoms with Crippen molar-refractivity contribution in [2.24, 2.45) is 15.9 Å². The number of hydrogen-bond acceptors (Lipinski definition) is 7. The van der Waals surface area contributed by atoms with Gasteiger partial charge in [-0.1, -0.05) is 59.1 Å². The average Bonchev–Trinajstić information content (AvgIpc) is 3.37. The van der Waals surface area contributed by atoms with Crippen molar-refractivity contribution >= 4 is 62.6 Å². The summed E-state index contributed by atoms with van der Waals surface area (Å²) < 4.78 is 31.0. The van der Waals surface area contributed by atoms with Gasteiger partial charge in [-0.05, 0) is 48.4 Å². The van der Waals surface area contributed by atoms with Crippen molar-refractivity contribution in [2.45, 2.75) is 23.9 Å². The number of hydrogen-bond donors (Lipinski definition) is 2. The molecule has 3 amide bonds. The number of aliphatic imine (C=N–C) groups is 1. The third-order valence-electron chi connectivity index (χ3n) is 7.60. The molecule has 1 fully saturated rings. The van der Waals surface area contributed by atoms with E-state index in [1.54, 1.807) is 41.0 Å². The Hall–Kier alpha value is -3.39. The fourth-order valence-electron chi connectivity index (χ4n) is 5.53. The molecule has 2 atom stereocenters. The fraction of sp³-hybridized carbons (Fsp3) is 0.300. The van der Waals surface area contributed by atoms with Gasteiger partial charge >= 0.3 is 6.03 Å². The summed E-state index contributed by atoms with van der Waals surface area (Å²) in [6, 6.07) is 15.2. The molecule has 45 heavy (non-hydrogen) atoms. The summed E-state index contributed by atoms with van der Waals surface area (Å²) in [5.74, 6) is -0.0528. The summed E-state index contributed by atoms with van der Waals surface area (Å²) in [5, 5.41) is 6.44. The molecule has 2 aliphatic heterocycles. The van der Waals surface area contributed by atoms with Crippen LogP contribution in [0.25, 0.3) is 0 Å². The van der Waals surface area contributed by atoms with Crippen LogP contribution in [0.4, 0.5) is 4.79 Å². The number of amides is 3. The van der Waals surface area contributed by atoms with E-state index in [0.717, 1.165) is 11.1 Å². The van der Waals surface area contributed by atoms with Gasteiger partial charge in [0.05, 0.1) is 29.8 Å².